The van der Waals surface area contributed by atoms with E-state index < -0.39 is 41.4 Å². The number of carbonyl (C=O) groups is 3. The monoisotopic (exact) mass is 571 g/mol. The number of rotatable bonds is 7. The lowest BCUT2D eigenvalue weighted by Gasteiger charge is -2.38. The summed E-state index contributed by atoms with van der Waals surface area (Å²) in [6.45, 7) is 8.85. The van der Waals surface area contributed by atoms with Crippen molar-refractivity contribution in [1.29, 1.82) is 0 Å². The topological polar surface area (TPSA) is 117 Å². The number of anilines is 1. The van der Waals surface area contributed by atoms with E-state index in [2.05, 4.69) is 15.1 Å². The van der Waals surface area contributed by atoms with Gasteiger partial charge in [0.2, 0.25) is 11.8 Å². The second-order valence-electron chi connectivity index (χ2n) is 13.3. The molecule has 4 heterocycles. The Morgan fingerprint density at radius 3 is 2.51 bits per heavy atom. The normalized spacial score (nSPS) is 30.3. The van der Waals surface area contributed by atoms with Gasteiger partial charge in [0.05, 0.1) is 19.3 Å². The molecule has 3 N–H and O–H groups in total. The summed E-state index contributed by atoms with van der Waals surface area (Å²) in [5, 5.41) is 2.74. The Labute approximate surface area is 240 Å². The number of likely N-dealkylation sites (tertiary alicyclic amines) is 2. The molecule has 6 rings (SSSR count). The van der Waals surface area contributed by atoms with Crippen LogP contribution in [0.25, 0.3) is 0 Å². The second-order valence-corrected chi connectivity index (χ2v) is 13.3. The second kappa shape index (κ2) is 10.7. The minimum atomic E-state index is -1.10. The fraction of sp³-hybridized carbons (Fsp3) is 0.700. The highest BCUT2D eigenvalue weighted by molar-refractivity contribution is 5.91. The summed E-state index contributed by atoms with van der Waals surface area (Å²) < 4.78 is 26.4. The van der Waals surface area contributed by atoms with E-state index in [9.17, 15) is 14.4 Å². The van der Waals surface area contributed by atoms with E-state index in [0.717, 1.165) is 64.1 Å². The number of benzene rings is 1. The number of amides is 3. The highest BCUT2D eigenvalue weighted by Gasteiger charge is 2.53. The molecule has 0 radical (unpaired) electrons. The third kappa shape index (κ3) is 5.38. The largest absolute Gasteiger partial charge is 0.444 e. The van der Waals surface area contributed by atoms with Crippen molar-refractivity contribution >= 4 is 23.6 Å². The number of nitrogens with zero attached hydrogens (tertiary/aromatic N) is 3. The van der Waals surface area contributed by atoms with Crippen LogP contribution >= 0.6 is 0 Å². The van der Waals surface area contributed by atoms with Crippen molar-refractivity contribution < 1.29 is 28.2 Å². The third-order valence-corrected chi connectivity index (χ3v) is 9.62. The average Bonchev–Trinajstić information content (AvgIpc) is 3.64. The van der Waals surface area contributed by atoms with E-state index in [1.54, 1.807) is 26.8 Å². The maximum atomic E-state index is 15.4. The van der Waals surface area contributed by atoms with Crippen LogP contribution in [0.3, 0.4) is 0 Å². The van der Waals surface area contributed by atoms with E-state index in [-0.39, 0.29) is 18.4 Å². The van der Waals surface area contributed by atoms with Crippen molar-refractivity contribution in [1.82, 2.24) is 15.1 Å². The van der Waals surface area contributed by atoms with Gasteiger partial charge in [-0.2, -0.15) is 0 Å². The molecule has 4 saturated heterocycles. The minimum Gasteiger partial charge on any atom is -0.444 e. The van der Waals surface area contributed by atoms with Crippen LogP contribution in [0.5, 0.6) is 0 Å². The molecule has 41 heavy (non-hydrogen) atoms. The summed E-state index contributed by atoms with van der Waals surface area (Å²) in [6, 6.07) is 4.53. The zero-order chi connectivity index (χ0) is 29.1. The molecule has 0 spiro atoms. The van der Waals surface area contributed by atoms with Crippen molar-refractivity contribution in [3.8, 4) is 0 Å². The third-order valence-electron chi connectivity index (χ3n) is 9.62. The van der Waals surface area contributed by atoms with Crippen LogP contribution in [0.4, 0.5) is 14.9 Å². The molecule has 224 valence electrons. The first kappa shape index (κ1) is 28.2. The highest BCUT2D eigenvalue weighted by Crippen LogP contribution is 2.43. The van der Waals surface area contributed by atoms with E-state index in [1.807, 2.05) is 6.07 Å². The number of piperidine rings is 1. The quantitative estimate of drug-likeness (QED) is 0.515. The molecule has 3 amide bonds. The molecule has 5 fully saturated rings. The van der Waals surface area contributed by atoms with E-state index >= 15 is 4.39 Å². The summed E-state index contributed by atoms with van der Waals surface area (Å²) in [6.07, 6.45) is 3.85. The van der Waals surface area contributed by atoms with Gasteiger partial charge in [-0.1, -0.05) is 6.07 Å². The number of ether oxygens (including phenoxy) is 2. The predicted molar refractivity (Wildman–Crippen MR) is 150 cm³/mol. The van der Waals surface area contributed by atoms with Crippen molar-refractivity contribution in [2.45, 2.75) is 101 Å². The molecule has 4 aliphatic heterocycles. The molecule has 0 aromatic heterocycles. The molecule has 5 aliphatic rings. The lowest BCUT2D eigenvalue weighted by atomic mass is 9.97. The zero-order valence-electron chi connectivity index (χ0n) is 24.2. The maximum Gasteiger partial charge on any atom is 0.411 e. The maximum absolute atomic E-state index is 15.4. The number of nitrogens with two attached hydrogens (primary N) is 1. The van der Waals surface area contributed by atoms with Crippen LogP contribution in [-0.2, 0) is 25.5 Å². The molecule has 1 aromatic carbocycles. The Morgan fingerprint density at radius 1 is 1.10 bits per heavy atom. The van der Waals surface area contributed by atoms with E-state index in [4.69, 9.17) is 15.2 Å². The van der Waals surface area contributed by atoms with Crippen LogP contribution in [0.15, 0.2) is 18.2 Å². The smallest absolute Gasteiger partial charge is 0.411 e. The average molecular weight is 572 g/mol. The van der Waals surface area contributed by atoms with Crippen LogP contribution in [0.1, 0.15) is 58.4 Å². The van der Waals surface area contributed by atoms with E-state index in [0.29, 0.717) is 23.7 Å². The molecule has 10 nitrogen and oxygen atoms in total. The molecule has 2 bridgehead atoms. The van der Waals surface area contributed by atoms with Crippen molar-refractivity contribution in [3.63, 3.8) is 0 Å². The summed E-state index contributed by atoms with van der Waals surface area (Å²) in [7, 11) is 0. The number of hydrogen-bond acceptors (Lipinski definition) is 7. The summed E-state index contributed by atoms with van der Waals surface area (Å²) >= 11 is 0. The van der Waals surface area contributed by atoms with Gasteiger partial charge in [0.1, 0.15) is 23.5 Å². The number of nitrogens with one attached hydrogen (secondary N) is 1. The number of hydrogen-bond donors (Lipinski definition) is 2. The highest BCUT2D eigenvalue weighted by atomic mass is 19.1. The lowest BCUT2D eigenvalue weighted by Crippen LogP contribution is -2.57. The molecule has 1 saturated carbocycles. The lowest BCUT2D eigenvalue weighted by molar-refractivity contribution is -0.132. The number of fused-ring (bicyclic) bond motifs is 3. The molecule has 2 unspecified atom stereocenters. The molecule has 11 heteroatoms. The van der Waals surface area contributed by atoms with E-state index in [1.165, 1.54) is 11.0 Å². The summed E-state index contributed by atoms with van der Waals surface area (Å²) in [5.74, 6) is -1.63. The SMILES string of the molecule is CC(C)(C)OC(=O)N1[C@@H]2CC[C@@H](C2)[C@H]1C(=O)N[C@@H](Cc1ccc(N2CCC3C2CCN3C2COC2)cc1F)C(N)=O. The molecular formula is C30H42FN5O5. The van der Waals surface area contributed by atoms with Crippen molar-refractivity contribution in [3.05, 3.63) is 29.6 Å². The fourth-order valence-corrected chi connectivity index (χ4v) is 7.69. The Bertz CT molecular complexity index is 1200. The molecule has 6 atom stereocenters. The minimum absolute atomic E-state index is 0.00955. The first-order valence-electron chi connectivity index (χ1n) is 15.0. The zero-order valence-corrected chi connectivity index (χ0v) is 24.2. The van der Waals surface area contributed by atoms with Gasteiger partial charge < -0.3 is 25.4 Å². The number of carbonyl (C=O) groups excluding carboxylic acids is 3. The molecule has 1 aromatic rings. The van der Waals surface area contributed by atoms with Gasteiger partial charge in [-0.05, 0) is 76.5 Å². The molecule has 1 aliphatic carbocycles. The Kier molecular flexibility index (Phi) is 7.38. The van der Waals surface area contributed by atoms with Gasteiger partial charge in [-0.25, -0.2) is 9.18 Å². The fourth-order valence-electron chi connectivity index (χ4n) is 7.69. The Hall–Kier alpha value is -2.92. The van der Waals surface area contributed by atoms with Crippen LogP contribution in [-0.4, -0.2) is 95.9 Å². The van der Waals surface area contributed by atoms with Gasteiger partial charge in [0, 0.05) is 43.3 Å². The standard InChI is InChI=1S/C30H42FN5O5/c1-30(2,3)41-29(39)36-20-7-5-18(12-20)26(36)28(38)33-23(27(32)37)13-17-4-6-19(14-22(17)31)34-10-8-25-24(34)9-11-35(25)21-15-40-16-21/h4,6,14,18,20-21,23-26H,5,7-13,15-16H2,1-3H3,(H2,32,37)(H,33,38)/t18-,20+,23-,24?,25?,26-/m0/s1. The van der Waals surface area contributed by atoms with Gasteiger partial charge in [-0.15, -0.1) is 0 Å². The Balaban J connectivity index is 1.12. The number of halogens is 1. The van der Waals surface area contributed by atoms with Gasteiger partial charge in [0.15, 0.2) is 0 Å². The predicted octanol–water partition coefficient (Wildman–Crippen LogP) is 2.18. The molecular weight excluding hydrogens is 529 g/mol. The first-order chi connectivity index (χ1) is 19.5. The van der Waals surface area contributed by atoms with Crippen LogP contribution in [0, 0.1) is 11.7 Å². The van der Waals surface area contributed by atoms with Gasteiger partial charge in [0.25, 0.3) is 0 Å². The first-order valence-corrected chi connectivity index (χ1v) is 15.0. The number of primary amides is 1. The van der Waals surface area contributed by atoms with Crippen molar-refractivity contribution in [2.75, 3.05) is 31.2 Å². The summed E-state index contributed by atoms with van der Waals surface area (Å²) in [5.41, 5.74) is 6.12. The Morgan fingerprint density at radius 2 is 1.85 bits per heavy atom. The van der Waals surface area contributed by atoms with Crippen molar-refractivity contribution in [2.24, 2.45) is 11.7 Å². The van der Waals surface area contributed by atoms with Crippen LogP contribution in [0.2, 0.25) is 0 Å². The van der Waals surface area contributed by atoms with Gasteiger partial charge in [-0.3, -0.25) is 19.4 Å². The van der Waals surface area contributed by atoms with Gasteiger partial charge >= 0.3 is 6.09 Å². The van der Waals surface area contributed by atoms with Crippen LogP contribution < -0.4 is 16.0 Å². The summed E-state index contributed by atoms with van der Waals surface area (Å²) in [4.78, 5) is 45.2.